The van der Waals surface area contributed by atoms with Crippen LogP contribution >= 0.6 is 0 Å². The molecule has 0 unspecified atom stereocenters. The molecule has 0 radical (unpaired) electrons. The Kier molecular flexibility index (Phi) is 3.35. The van der Waals surface area contributed by atoms with E-state index in [0.29, 0.717) is 6.54 Å². The van der Waals surface area contributed by atoms with Gasteiger partial charge in [-0.05, 0) is 30.0 Å². The van der Waals surface area contributed by atoms with Crippen LogP contribution in [-0.4, -0.2) is 31.5 Å². The molecule has 1 amide bonds. The molecule has 0 atom stereocenters. The lowest BCUT2D eigenvalue weighted by atomic mass is 9.98. The van der Waals surface area contributed by atoms with Gasteiger partial charge in [0.1, 0.15) is 0 Å². The first-order valence-electron chi connectivity index (χ1n) is 6.75. The highest BCUT2D eigenvalue weighted by Gasteiger charge is 2.16. The smallest absolute Gasteiger partial charge is 0.251 e. The van der Waals surface area contributed by atoms with E-state index in [1.54, 1.807) is 0 Å². The summed E-state index contributed by atoms with van der Waals surface area (Å²) < 4.78 is 0. The Morgan fingerprint density at radius 2 is 2.21 bits per heavy atom. The summed E-state index contributed by atoms with van der Waals surface area (Å²) in [5, 5.41) is 9.36. The second kappa shape index (κ2) is 5.30. The van der Waals surface area contributed by atoms with Crippen molar-refractivity contribution in [3.63, 3.8) is 0 Å². The van der Waals surface area contributed by atoms with Gasteiger partial charge in [-0.25, -0.2) is 0 Å². The van der Waals surface area contributed by atoms with E-state index in [-0.39, 0.29) is 5.91 Å². The molecule has 0 saturated carbocycles. The summed E-state index contributed by atoms with van der Waals surface area (Å²) in [5.41, 5.74) is 3.05. The third kappa shape index (κ3) is 2.70. The van der Waals surface area contributed by atoms with Gasteiger partial charge in [-0.3, -0.25) is 9.79 Å². The average Bonchev–Trinajstić information content (AvgIpc) is 2.47. The normalized spacial score (nSPS) is 17.9. The predicted molar refractivity (Wildman–Crippen MR) is 74.2 cm³/mol. The molecule has 2 aliphatic rings. The van der Waals surface area contributed by atoms with Gasteiger partial charge in [-0.15, -0.1) is 0 Å². The first-order valence-corrected chi connectivity index (χ1v) is 6.75. The monoisotopic (exact) mass is 258 g/mol. The number of carbonyl (C=O) groups is 1. The van der Waals surface area contributed by atoms with E-state index in [2.05, 4.69) is 33.1 Å². The lowest BCUT2D eigenvalue weighted by molar-refractivity contribution is 0.0946. The number of nitrogens with zero attached hydrogens (tertiary/aromatic N) is 1. The van der Waals surface area contributed by atoms with Gasteiger partial charge in [0.2, 0.25) is 0 Å². The Labute approximate surface area is 112 Å². The molecule has 0 saturated heterocycles. The van der Waals surface area contributed by atoms with Crippen molar-refractivity contribution in [2.45, 2.75) is 19.4 Å². The largest absolute Gasteiger partial charge is 0.356 e. The Bertz CT molecular complexity index is 524. The maximum atomic E-state index is 11.8. The van der Waals surface area contributed by atoms with Crippen molar-refractivity contribution < 1.29 is 4.79 Å². The number of hydrogen-bond donors (Lipinski definition) is 3. The number of benzene rings is 1. The highest BCUT2D eigenvalue weighted by atomic mass is 16.1. The minimum Gasteiger partial charge on any atom is -0.356 e. The van der Waals surface area contributed by atoms with Crippen LogP contribution in [0.1, 0.15) is 27.9 Å². The zero-order valence-electron chi connectivity index (χ0n) is 10.8. The summed E-state index contributed by atoms with van der Waals surface area (Å²) in [6.45, 7) is 3.27. The molecule has 3 rings (SSSR count). The quantitative estimate of drug-likeness (QED) is 0.720. The Balaban J connectivity index is 1.70. The Hall–Kier alpha value is -2.04. The Morgan fingerprint density at radius 3 is 3.05 bits per heavy atom. The van der Waals surface area contributed by atoms with Crippen LogP contribution in [-0.2, 0) is 13.0 Å². The molecule has 5 nitrogen and oxygen atoms in total. The van der Waals surface area contributed by atoms with Gasteiger partial charge in [-0.1, -0.05) is 12.1 Å². The molecule has 0 fully saturated rings. The fraction of sp³-hybridized carbons (Fsp3) is 0.429. The third-order valence-electron chi connectivity index (χ3n) is 3.46. The second-order valence-corrected chi connectivity index (χ2v) is 4.86. The van der Waals surface area contributed by atoms with Crippen LogP contribution in [0.3, 0.4) is 0 Å². The van der Waals surface area contributed by atoms with Crippen LogP contribution in [0.4, 0.5) is 0 Å². The van der Waals surface area contributed by atoms with Crippen LogP contribution in [0, 0.1) is 0 Å². The number of carbonyl (C=O) groups excluding carboxylic acids is 1. The van der Waals surface area contributed by atoms with Crippen molar-refractivity contribution in [3.8, 4) is 0 Å². The number of rotatable bonds is 2. The van der Waals surface area contributed by atoms with Crippen molar-refractivity contribution in [1.29, 1.82) is 0 Å². The second-order valence-electron chi connectivity index (χ2n) is 4.86. The molecular weight excluding hydrogens is 240 g/mol. The molecule has 0 aliphatic carbocycles. The van der Waals surface area contributed by atoms with E-state index >= 15 is 0 Å². The Morgan fingerprint density at radius 1 is 1.26 bits per heavy atom. The van der Waals surface area contributed by atoms with E-state index in [4.69, 9.17) is 0 Å². The maximum absolute atomic E-state index is 11.8. The highest BCUT2D eigenvalue weighted by molar-refractivity contribution is 5.96. The first-order chi connectivity index (χ1) is 9.33. The highest BCUT2D eigenvalue weighted by Crippen LogP contribution is 2.15. The molecule has 100 valence electrons. The van der Waals surface area contributed by atoms with Gasteiger partial charge in [0.05, 0.1) is 0 Å². The number of nitrogens with one attached hydrogen (secondary N) is 3. The lowest BCUT2D eigenvalue weighted by Gasteiger charge is -2.19. The molecule has 2 heterocycles. The van der Waals surface area contributed by atoms with Gasteiger partial charge in [0, 0.05) is 31.7 Å². The molecular formula is C14H18N4O. The number of hydrogen-bond acceptors (Lipinski definition) is 4. The van der Waals surface area contributed by atoms with E-state index in [1.165, 1.54) is 0 Å². The van der Waals surface area contributed by atoms with E-state index < -0.39 is 0 Å². The molecule has 1 aromatic rings. The van der Waals surface area contributed by atoms with E-state index in [1.807, 2.05) is 6.07 Å². The van der Waals surface area contributed by atoms with Crippen molar-refractivity contribution >= 4 is 11.9 Å². The molecule has 3 N–H and O–H groups in total. The zero-order chi connectivity index (χ0) is 13.1. The summed E-state index contributed by atoms with van der Waals surface area (Å²) in [5.74, 6) is 0.893. The van der Waals surface area contributed by atoms with E-state index in [9.17, 15) is 4.79 Å². The van der Waals surface area contributed by atoms with Gasteiger partial charge >= 0.3 is 0 Å². The molecule has 0 bridgehead atoms. The summed E-state index contributed by atoms with van der Waals surface area (Å²) in [6, 6.07) is 6.11. The van der Waals surface area contributed by atoms with Crippen LogP contribution in [0.15, 0.2) is 23.2 Å². The van der Waals surface area contributed by atoms with Gasteiger partial charge in [0.15, 0.2) is 5.96 Å². The van der Waals surface area contributed by atoms with Crippen molar-refractivity contribution in [1.82, 2.24) is 16.0 Å². The van der Waals surface area contributed by atoms with Crippen molar-refractivity contribution in [2.24, 2.45) is 4.99 Å². The molecule has 5 heteroatoms. The standard InChI is InChI=1S/C14H18N4O/c19-13-12-8-10(2-3-11(12)4-7-15-13)9-18-14-16-5-1-6-17-14/h2-3,8H,1,4-7,9H2,(H,15,19)(H2,16,17,18). The maximum Gasteiger partial charge on any atom is 0.251 e. The summed E-state index contributed by atoms with van der Waals surface area (Å²) in [6.07, 6.45) is 2.01. The van der Waals surface area contributed by atoms with Crippen LogP contribution in [0.2, 0.25) is 0 Å². The summed E-state index contributed by atoms with van der Waals surface area (Å²) >= 11 is 0. The SMILES string of the molecule is O=C1NCCc2ccc(CNC3=NCCCN3)cc21. The van der Waals surface area contributed by atoms with E-state index in [0.717, 1.165) is 55.1 Å². The van der Waals surface area contributed by atoms with Crippen molar-refractivity contribution in [3.05, 3.63) is 34.9 Å². The van der Waals surface area contributed by atoms with Crippen LogP contribution in [0.25, 0.3) is 0 Å². The minimum absolute atomic E-state index is 0.0382. The topological polar surface area (TPSA) is 65.5 Å². The fourth-order valence-electron chi connectivity index (χ4n) is 2.41. The number of amides is 1. The van der Waals surface area contributed by atoms with Gasteiger partial charge < -0.3 is 16.0 Å². The van der Waals surface area contributed by atoms with Crippen LogP contribution < -0.4 is 16.0 Å². The predicted octanol–water partition coefficient (Wildman–Crippen LogP) is 0.411. The zero-order valence-corrected chi connectivity index (χ0v) is 10.8. The number of aliphatic imine (C=N–C) groups is 1. The van der Waals surface area contributed by atoms with Crippen LogP contribution in [0.5, 0.6) is 0 Å². The van der Waals surface area contributed by atoms with Gasteiger partial charge in [0.25, 0.3) is 5.91 Å². The minimum atomic E-state index is 0.0382. The molecule has 2 aliphatic heterocycles. The first kappa shape index (κ1) is 12.0. The fourth-order valence-corrected chi connectivity index (χ4v) is 2.41. The van der Waals surface area contributed by atoms with Gasteiger partial charge in [-0.2, -0.15) is 0 Å². The molecule has 19 heavy (non-hydrogen) atoms. The molecule has 1 aromatic carbocycles. The number of fused-ring (bicyclic) bond motifs is 1. The number of guanidine groups is 1. The average molecular weight is 258 g/mol. The third-order valence-corrected chi connectivity index (χ3v) is 3.46. The lowest BCUT2D eigenvalue weighted by Crippen LogP contribution is -2.40. The van der Waals surface area contributed by atoms with Crippen molar-refractivity contribution in [2.75, 3.05) is 19.6 Å². The molecule has 0 aromatic heterocycles. The summed E-state index contributed by atoms with van der Waals surface area (Å²) in [4.78, 5) is 16.1. The summed E-state index contributed by atoms with van der Waals surface area (Å²) in [7, 11) is 0. The molecule has 0 spiro atoms.